The number of nitrogens with zero attached hydrogens (tertiary/aromatic N) is 4. The van der Waals surface area contributed by atoms with E-state index in [4.69, 9.17) is 4.42 Å². The maximum atomic E-state index is 13.2. The number of imidazole rings is 1. The molecular formula is C20H20N4O3S. The fourth-order valence-electron chi connectivity index (χ4n) is 3.30. The minimum Gasteiger partial charge on any atom is -0.472 e. The Balaban J connectivity index is 1.51. The first-order valence-electron chi connectivity index (χ1n) is 8.97. The van der Waals surface area contributed by atoms with Gasteiger partial charge in [-0.1, -0.05) is 30.0 Å². The molecule has 3 aromatic rings. The number of amides is 2. The van der Waals surface area contributed by atoms with Gasteiger partial charge >= 0.3 is 0 Å². The van der Waals surface area contributed by atoms with Crippen LogP contribution in [0.1, 0.15) is 20.8 Å². The highest BCUT2D eigenvalue weighted by Gasteiger charge is 2.28. The van der Waals surface area contributed by atoms with E-state index in [1.165, 1.54) is 24.3 Å². The highest BCUT2D eigenvalue weighted by Crippen LogP contribution is 2.23. The minimum absolute atomic E-state index is 0.0696. The first-order chi connectivity index (χ1) is 13.7. The van der Waals surface area contributed by atoms with Gasteiger partial charge in [0, 0.05) is 31.9 Å². The molecule has 0 unspecified atom stereocenters. The molecule has 0 atom stereocenters. The lowest BCUT2D eigenvalue weighted by molar-refractivity contribution is 0.0530. The van der Waals surface area contributed by atoms with E-state index in [1.54, 1.807) is 22.1 Å². The molecule has 3 heterocycles. The number of piperazine rings is 1. The molecule has 1 saturated heterocycles. The van der Waals surface area contributed by atoms with Crippen LogP contribution in [0.4, 0.5) is 0 Å². The first kappa shape index (κ1) is 18.4. The fraction of sp³-hybridized carbons (Fsp3) is 0.250. The Morgan fingerprint density at radius 1 is 1.00 bits per heavy atom. The Labute approximate surface area is 166 Å². The lowest BCUT2D eigenvalue weighted by Crippen LogP contribution is -2.50. The van der Waals surface area contributed by atoms with Crippen molar-refractivity contribution >= 4 is 23.6 Å². The van der Waals surface area contributed by atoms with E-state index in [1.807, 2.05) is 41.2 Å². The summed E-state index contributed by atoms with van der Waals surface area (Å²) in [7, 11) is 0. The summed E-state index contributed by atoms with van der Waals surface area (Å²) in [4.78, 5) is 33.5. The van der Waals surface area contributed by atoms with Crippen LogP contribution in [0.15, 0.2) is 64.7 Å². The van der Waals surface area contributed by atoms with Gasteiger partial charge in [-0.15, -0.1) is 0 Å². The SMILES string of the molecule is CSc1ncc(C(=O)N2CCN(C(=O)c3ccoc3)CC2)n1-c1ccccc1. The summed E-state index contributed by atoms with van der Waals surface area (Å²) in [6, 6.07) is 11.4. The normalized spacial score (nSPS) is 14.3. The molecule has 0 saturated carbocycles. The van der Waals surface area contributed by atoms with Crippen LogP contribution in [0.5, 0.6) is 0 Å². The number of carbonyl (C=O) groups excluding carboxylic acids is 2. The number of carbonyl (C=O) groups is 2. The predicted octanol–water partition coefficient (Wildman–Crippen LogP) is 2.79. The Morgan fingerprint density at radius 2 is 1.68 bits per heavy atom. The second-order valence-corrected chi connectivity index (χ2v) is 7.17. The summed E-state index contributed by atoms with van der Waals surface area (Å²) < 4.78 is 6.87. The molecule has 4 rings (SSSR count). The molecule has 0 N–H and O–H groups in total. The molecule has 2 amide bonds. The molecule has 144 valence electrons. The number of aromatic nitrogens is 2. The lowest BCUT2D eigenvalue weighted by atomic mass is 10.2. The number of hydrogen-bond donors (Lipinski definition) is 0. The van der Waals surface area contributed by atoms with Crippen molar-refractivity contribution in [3.05, 3.63) is 66.4 Å². The number of furan rings is 1. The van der Waals surface area contributed by atoms with Crippen molar-refractivity contribution in [3.8, 4) is 5.69 Å². The fourth-order valence-corrected chi connectivity index (χ4v) is 3.84. The van der Waals surface area contributed by atoms with E-state index in [9.17, 15) is 9.59 Å². The number of thioether (sulfide) groups is 1. The molecule has 1 aromatic carbocycles. The van der Waals surface area contributed by atoms with Gasteiger partial charge in [0.2, 0.25) is 0 Å². The van der Waals surface area contributed by atoms with Gasteiger partial charge in [0.15, 0.2) is 5.16 Å². The van der Waals surface area contributed by atoms with Crippen LogP contribution in [-0.2, 0) is 0 Å². The van der Waals surface area contributed by atoms with E-state index in [-0.39, 0.29) is 11.8 Å². The number of hydrogen-bond acceptors (Lipinski definition) is 5. The minimum atomic E-state index is -0.0768. The highest BCUT2D eigenvalue weighted by atomic mass is 32.2. The molecule has 8 heteroatoms. The predicted molar refractivity (Wildman–Crippen MR) is 106 cm³/mol. The third-order valence-corrected chi connectivity index (χ3v) is 5.42. The maximum Gasteiger partial charge on any atom is 0.272 e. The summed E-state index contributed by atoms with van der Waals surface area (Å²) in [6.45, 7) is 1.95. The van der Waals surface area contributed by atoms with Crippen LogP contribution in [0.2, 0.25) is 0 Å². The molecule has 0 bridgehead atoms. The zero-order valence-corrected chi connectivity index (χ0v) is 16.3. The topological polar surface area (TPSA) is 71.6 Å². The van der Waals surface area contributed by atoms with Crippen LogP contribution in [-0.4, -0.2) is 63.6 Å². The van der Waals surface area contributed by atoms with Crippen LogP contribution in [0.3, 0.4) is 0 Å². The quantitative estimate of drug-likeness (QED) is 0.634. The Kier molecular flexibility index (Phi) is 5.21. The van der Waals surface area contributed by atoms with Crippen LogP contribution in [0.25, 0.3) is 5.69 Å². The van der Waals surface area contributed by atoms with Gasteiger partial charge in [-0.2, -0.15) is 0 Å². The van der Waals surface area contributed by atoms with E-state index < -0.39 is 0 Å². The summed E-state index contributed by atoms with van der Waals surface area (Å²) in [6.07, 6.45) is 6.50. The standard InChI is InChI=1S/C20H20N4O3S/c1-28-20-21-13-17(24(20)16-5-3-2-4-6-16)19(26)23-10-8-22(9-11-23)18(25)15-7-12-27-14-15/h2-7,12-14H,8-11H2,1H3. The average Bonchev–Trinajstić information content (AvgIpc) is 3.43. The second-order valence-electron chi connectivity index (χ2n) is 6.40. The van der Waals surface area contributed by atoms with Crippen molar-refractivity contribution in [2.24, 2.45) is 0 Å². The Bertz CT molecular complexity index is 961. The number of benzene rings is 1. The molecular weight excluding hydrogens is 376 g/mol. The van der Waals surface area contributed by atoms with Gasteiger partial charge in [-0.3, -0.25) is 14.2 Å². The van der Waals surface area contributed by atoms with Gasteiger partial charge in [0.25, 0.3) is 11.8 Å². The third kappa shape index (κ3) is 3.43. The molecule has 0 radical (unpaired) electrons. The van der Waals surface area contributed by atoms with Gasteiger partial charge in [-0.05, 0) is 24.5 Å². The molecule has 2 aromatic heterocycles. The molecule has 0 spiro atoms. The second kappa shape index (κ2) is 7.93. The molecule has 1 aliphatic heterocycles. The average molecular weight is 396 g/mol. The van der Waals surface area contributed by atoms with E-state index >= 15 is 0 Å². The van der Waals surface area contributed by atoms with Gasteiger partial charge in [0.1, 0.15) is 12.0 Å². The zero-order chi connectivity index (χ0) is 19.5. The zero-order valence-electron chi connectivity index (χ0n) is 15.4. The summed E-state index contributed by atoms with van der Waals surface area (Å²) >= 11 is 1.50. The summed E-state index contributed by atoms with van der Waals surface area (Å²) in [5.74, 6) is -0.146. The smallest absolute Gasteiger partial charge is 0.272 e. The maximum absolute atomic E-state index is 13.2. The van der Waals surface area contributed by atoms with Gasteiger partial charge in [-0.25, -0.2) is 4.98 Å². The molecule has 1 aliphatic rings. The van der Waals surface area contributed by atoms with Crippen molar-refractivity contribution in [1.29, 1.82) is 0 Å². The van der Waals surface area contributed by atoms with Crippen molar-refractivity contribution in [1.82, 2.24) is 19.4 Å². The van der Waals surface area contributed by atoms with Crippen molar-refractivity contribution in [3.63, 3.8) is 0 Å². The van der Waals surface area contributed by atoms with Gasteiger partial charge in [0.05, 0.1) is 18.0 Å². The monoisotopic (exact) mass is 396 g/mol. The Morgan fingerprint density at radius 3 is 2.29 bits per heavy atom. The summed E-state index contributed by atoms with van der Waals surface area (Å²) in [5.41, 5.74) is 1.97. The molecule has 1 fully saturated rings. The van der Waals surface area contributed by atoms with Crippen LogP contribution >= 0.6 is 11.8 Å². The molecule has 0 aliphatic carbocycles. The van der Waals surface area contributed by atoms with Crippen molar-refractivity contribution < 1.29 is 14.0 Å². The Hall–Kier alpha value is -3.00. The van der Waals surface area contributed by atoms with Gasteiger partial charge < -0.3 is 14.2 Å². The number of para-hydroxylation sites is 1. The van der Waals surface area contributed by atoms with E-state index in [2.05, 4.69) is 4.98 Å². The third-order valence-electron chi connectivity index (χ3n) is 4.77. The first-order valence-corrected chi connectivity index (χ1v) is 10.2. The van der Waals surface area contributed by atoms with Crippen molar-refractivity contribution in [2.45, 2.75) is 5.16 Å². The number of rotatable bonds is 4. The van der Waals surface area contributed by atoms with Crippen LogP contribution < -0.4 is 0 Å². The van der Waals surface area contributed by atoms with E-state index in [0.717, 1.165) is 10.8 Å². The van der Waals surface area contributed by atoms with Crippen molar-refractivity contribution in [2.75, 3.05) is 32.4 Å². The highest BCUT2D eigenvalue weighted by molar-refractivity contribution is 7.98. The van der Waals surface area contributed by atoms with E-state index in [0.29, 0.717) is 37.4 Å². The summed E-state index contributed by atoms with van der Waals surface area (Å²) in [5, 5.41) is 0.767. The molecule has 28 heavy (non-hydrogen) atoms. The molecule has 7 nitrogen and oxygen atoms in total. The lowest BCUT2D eigenvalue weighted by Gasteiger charge is -2.34. The van der Waals surface area contributed by atoms with Crippen LogP contribution in [0, 0.1) is 0 Å². The largest absolute Gasteiger partial charge is 0.472 e.